The second-order valence-corrected chi connectivity index (χ2v) is 3.01. The van der Waals surface area contributed by atoms with E-state index in [1.54, 1.807) is 0 Å². The van der Waals surface area contributed by atoms with E-state index in [1.165, 1.54) is 16.3 Å². The molecule has 0 bridgehead atoms. The molecular formula is C10H8N2. The molecule has 1 aliphatic carbocycles. The van der Waals surface area contributed by atoms with E-state index < -0.39 is 0 Å². The van der Waals surface area contributed by atoms with Crippen molar-refractivity contribution in [3.8, 4) is 0 Å². The van der Waals surface area contributed by atoms with E-state index in [9.17, 15) is 0 Å². The van der Waals surface area contributed by atoms with Crippen molar-refractivity contribution in [3.05, 3.63) is 28.4 Å². The summed E-state index contributed by atoms with van der Waals surface area (Å²) < 4.78 is 2.27. The third kappa shape index (κ3) is 0.619. The Morgan fingerprint density at radius 1 is 1.42 bits per heavy atom. The summed E-state index contributed by atoms with van der Waals surface area (Å²) in [6, 6.07) is 2.17. The number of allylic oxidation sites excluding steroid dienone is 1. The molecule has 0 fully saturated rings. The van der Waals surface area contributed by atoms with Crippen molar-refractivity contribution in [1.29, 1.82) is 0 Å². The first kappa shape index (κ1) is 6.00. The van der Waals surface area contributed by atoms with Gasteiger partial charge < -0.3 is 4.57 Å². The molecule has 0 saturated carbocycles. The Hall–Kier alpha value is -1.57. The number of rotatable bonds is 0. The molecule has 0 radical (unpaired) electrons. The maximum absolute atomic E-state index is 4.12. The molecule has 2 heteroatoms. The van der Waals surface area contributed by atoms with Crippen LogP contribution in [0.15, 0.2) is 17.1 Å². The van der Waals surface area contributed by atoms with Gasteiger partial charge in [0.15, 0.2) is 0 Å². The van der Waals surface area contributed by atoms with E-state index in [0.717, 1.165) is 6.54 Å². The predicted molar refractivity (Wildman–Crippen MR) is 50.1 cm³/mol. The minimum atomic E-state index is 0.902. The highest BCUT2D eigenvalue weighted by atomic mass is 15.0. The van der Waals surface area contributed by atoms with Gasteiger partial charge >= 0.3 is 0 Å². The number of fused-ring (bicyclic) bond motifs is 3. The highest BCUT2D eigenvalue weighted by Crippen LogP contribution is 2.00. The number of aromatic nitrogens is 1. The molecule has 3 rings (SSSR count). The lowest BCUT2D eigenvalue weighted by atomic mass is 10.3. The maximum Gasteiger partial charge on any atom is 0.0606 e. The summed E-state index contributed by atoms with van der Waals surface area (Å²) in [4.78, 5) is 4.12. The van der Waals surface area contributed by atoms with Crippen molar-refractivity contribution in [2.75, 3.05) is 0 Å². The van der Waals surface area contributed by atoms with Gasteiger partial charge in [-0.05, 0) is 12.1 Å². The zero-order valence-electron chi connectivity index (χ0n) is 6.57. The van der Waals surface area contributed by atoms with Crippen molar-refractivity contribution >= 4 is 24.6 Å². The smallest absolute Gasteiger partial charge is 0.0606 e. The zero-order valence-corrected chi connectivity index (χ0v) is 6.57. The molecule has 1 aromatic rings. The van der Waals surface area contributed by atoms with Crippen molar-refractivity contribution in [2.24, 2.45) is 4.99 Å². The van der Waals surface area contributed by atoms with Crippen LogP contribution < -0.4 is 10.7 Å². The minimum Gasteiger partial charge on any atom is -0.334 e. The highest BCUT2D eigenvalue weighted by Gasteiger charge is 2.05. The van der Waals surface area contributed by atoms with Crippen LogP contribution in [0.5, 0.6) is 0 Å². The topological polar surface area (TPSA) is 17.3 Å². The molecular weight excluding hydrogens is 148 g/mol. The summed E-state index contributed by atoms with van der Waals surface area (Å²) in [5.74, 6) is 0. The summed E-state index contributed by atoms with van der Waals surface area (Å²) in [7, 11) is 0. The monoisotopic (exact) mass is 156 g/mol. The van der Waals surface area contributed by atoms with E-state index >= 15 is 0 Å². The van der Waals surface area contributed by atoms with Crippen LogP contribution in [-0.2, 0) is 6.54 Å². The van der Waals surface area contributed by atoms with E-state index in [-0.39, 0.29) is 0 Å². The molecule has 0 N–H and O–H groups in total. The Balaban J connectivity index is 2.48. The summed E-state index contributed by atoms with van der Waals surface area (Å²) in [5, 5.41) is 2.52. The third-order valence-electron chi connectivity index (χ3n) is 2.31. The van der Waals surface area contributed by atoms with Crippen LogP contribution in [0.25, 0.3) is 18.4 Å². The molecule has 0 amide bonds. The van der Waals surface area contributed by atoms with E-state index in [1.807, 2.05) is 12.4 Å². The lowest BCUT2D eigenvalue weighted by Crippen LogP contribution is -2.28. The maximum atomic E-state index is 4.12. The number of hydrogen-bond acceptors (Lipinski definition) is 1. The second-order valence-electron chi connectivity index (χ2n) is 3.01. The van der Waals surface area contributed by atoms with E-state index in [2.05, 4.69) is 33.9 Å². The summed E-state index contributed by atoms with van der Waals surface area (Å²) in [5.41, 5.74) is 1.31. The fourth-order valence-corrected chi connectivity index (χ4v) is 1.74. The SMILES string of the molecule is C1=Cc2cc3n(c2=C1)CC=NC=3. The molecule has 58 valence electrons. The molecule has 0 aromatic carbocycles. The van der Waals surface area contributed by atoms with Crippen molar-refractivity contribution in [3.63, 3.8) is 0 Å². The average Bonchev–Trinajstić information content (AvgIpc) is 2.62. The van der Waals surface area contributed by atoms with E-state index in [4.69, 9.17) is 0 Å². The first-order valence-corrected chi connectivity index (χ1v) is 4.05. The van der Waals surface area contributed by atoms with Gasteiger partial charge in [0, 0.05) is 17.1 Å². The fourth-order valence-electron chi connectivity index (χ4n) is 1.74. The van der Waals surface area contributed by atoms with Gasteiger partial charge in [-0.1, -0.05) is 12.2 Å². The molecule has 0 saturated heterocycles. The molecule has 2 heterocycles. The van der Waals surface area contributed by atoms with Gasteiger partial charge in [-0.3, -0.25) is 4.99 Å². The van der Waals surface area contributed by atoms with Gasteiger partial charge in [0.2, 0.25) is 0 Å². The van der Waals surface area contributed by atoms with Crippen LogP contribution >= 0.6 is 0 Å². The van der Waals surface area contributed by atoms with Crippen LogP contribution in [0.2, 0.25) is 0 Å². The molecule has 12 heavy (non-hydrogen) atoms. The Morgan fingerprint density at radius 2 is 2.42 bits per heavy atom. The molecule has 0 unspecified atom stereocenters. The number of hydrogen-bond donors (Lipinski definition) is 0. The van der Waals surface area contributed by atoms with Gasteiger partial charge in [-0.15, -0.1) is 0 Å². The van der Waals surface area contributed by atoms with Gasteiger partial charge in [0.05, 0.1) is 18.1 Å². The standard InChI is InChI=1S/C10H8N2/c1-2-8-6-9-7-11-4-5-12(9)10(8)3-1/h1-4,6-7H,5H2. The second kappa shape index (κ2) is 1.97. The van der Waals surface area contributed by atoms with Gasteiger partial charge in [-0.2, -0.15) is 0 Å². The quantitative estimate of drug-likeness (QED) is 0.507. The summed E-state index contributed by atoms with van der Waals surface area (Å²) in [6.45, 7) is 0.902. The van der Waals surface area contributed by atoms with Crippen LogP contribution in [0, 0.1) is 0 Å². The highest BCUT2D eigenvalue weighted by molar-refractivity contribution is 5.69. The van der Waals surface area contributed by atoms with Crippen molar-refractivity contribution in [2.45, 2.75) is 6.54 Å². The largest absolute Gasteiger partial charge is 0.334 e. The lowest BCUT2D eigenvalue weighted by Gasteiger charge is -2.01. The minimum absolute atomic E-state index is 0.902. The summed E-state index contributed by atoms with van der Waals surface area (Å²) >= 11 is 0. The molecule has 2 nitrogen and oxygen atoms in total. The third-order valence-corrected chi connectivity index (χ3v) is 2.31. The van der Waals surface area contributed by atoms with E-state index in [0.29, 0.717) is 0 Å². The predicted octanol–water partition coefficient (Wildman–Crippen LogP) is 0.118. The number of nitrogens with zero attached hydrogens (tertiary/aromatic N) is 2. The van der Waals surface area contributed by atoms with Gasteiger partial charge in [0.25, 0.3) is 0 Å². The van der Waals surface area contributed by atoms with Crippen LogP contribution in [0.3, 0.4) is 0 Å². The van der Waals surface area contributed by atoms with Gasteiger partial charge in [-0.25, -0.2) is 0 Å². The fraction of sp³-hybridized carbons (Fsp3) is 0.100. The normalized spacial score (nSPS) is 16.7. The van der Waals surface area contributed by atoms with Crippen LogP contribution in [0.1, 0.15) is 5.56 Å². The van der Waals surface area contributed by atoms with Crippen LogP contribution in [-0.4, -0.2) is 10.8 Å². The molecule has 2 aliphatic rings. The Bertz CT molecular complexity index is 501. The van der Waals surface area contributed by atoms with Crippen LogP contribution in [0.4, 0.5) is 0 Å². The van der Waals surface area contributed by atoms with Gasteiger partial charge in [0.1, 0.15) is 0 Å². The summed E-state index contributed by atoms with van der Waals surface area (Å²) in [6.07, 6.45) is 10.2. The zero-order chi connectivity index (χ0) is 7.97. The first-order valence-electron chi connectivity index (χ1n) is 4.05. The molecule has 0 atom stereocenters. The van der Waals surface area contributed by atoms with Crippen molar-refractivity contribution < 1.29 is 0 Å². The molecule has 1 aliphatic heterocycles. The first-order chi connectivity index (χ1) is 5.95. The lowest BCUT2D eigenvalue weighted by molar-refractivity contribution is 0.805. The Labute approximate surface area is 69.9 Å². The average molecular weight is 156 g/mol. The Morgan fingerprint density at radius 3 is 3.42 bits per heavy atom. The molecule has 0 spiro atoms. The Kier molecular flexibility index (Phi) is 0.987. The molecule has 1 aromatic heterocycles. The van der Waals surface area contributed by atoms with Crippen molar-refractivity contribution in [1.82, 2.24) is 4.57 Å². The number of aliphatic imine (C=N–C) groups is 1.